The van der Waals surface area contributed by atoms with E-state index in [1.165, 1.54) is 17.0 Å². The number of carboxylic acid groups (broad SMARTS) is 1. The van der Waals surface area contributed by atoms with Crippen LogP contribution in [0.1, 0.15) is 56.4 Å². The summed E-state index contributed by atoms with van der Waals surface area (Å²) in [5.74, 6) is -5.87. The standard InChI is InChI=1S/C29H35F2N5O9/c1-3-43-27(41)29(10-5-11-29)45-23-15-21(34-36(23)17-6-7-18(30)19(31)14-17)26(40)33-20(8-9-24(37)38)25(39)22-16-32-12-13-35(22)28(42)44-4-2/h6-7,14-15,20,22,32H,3-5,8-13,16H2,1-2H3,(H,33,40)(H,37,38)/t20-,22?/m0/s1. The van der Waals surface area contributed by atoms with Gasteiger partial charge in [0.15, 0.2) is 23.1 Å². The molecule has 1 aromatic carbocycles. The van der Waals surface area contributed by atoms with Crippen LogP contribution in [-0.2, 0) is 23.9 Å². The number of benzene rings is 1. The van der Waals surface area contributed by atoms with Crippen LogP contribution in [0.25, 0.3) is 5.69 Å². The number of hydrogen-bond acceptors (Lipinski definition) is 10. The van der Waals surface area contributed by atoms with Crippen molar-refractivity contribution < 1.29 is 52.1 Å². The Morgan fingerprint density at radius 1 is 1.11 bits per heavy atom. The lowest BCUT2D eigenvalue weighted by Crippen LogP contribution is -2.61. The van der Waals surface area contributed by atoms with Gasteiger partial charge in [-0.25, -0.2) is 23.1 Å². The van der Waals surface area contributed by atoms with Crippen LogP contribution >= 0.6 is 0 Å². The number of nitrogens with one attached hydrogen (secondary N) is 2. The minimum Gasteiger partial charge on any atom is -0.481 e. The average molecular weight is 636 g/mol. The van der Waals surface area contributed by atoms with E-state index in [4.69, 9.17) is 14.2 Å². The molecule has 2 aromatic rings. The number of carbonyl (C=O) groups is 5. The Morgan fingerprint density at radius 2 is 1.84 bits per heavy atom. The minimum atomic E-state index is -1.38. The highest BCUT2D eigenvalue weighted by Crippen LogP contribution is 2.39. The van der Waals surface area contributed by atoms with Crippen LogP contribution in [0, 0.1) is 11.6 Å². The highest BCUT2D eigenvalue weighted by Gasteiger charge is 2.49. The molecule has 1 aromatic heterocycles. The Balaban J connectivity index is 1.66. The summed E-state index contributed by atoms with van der Waals surface area (Å²) in [7, 11) is 0. The summed E-state index contributed by atoms with van der Waals surface area (Å²) in [5.41, 5.74) is -1.74. The van der Waals surface area contributed by atoms with Gasteiger partial charge in [-0.15, -0.1) is 0 Å². The van der Waals surface area contributed by atoms with Crippen LogP contribution in [0.15, 0.2) is 24.3 Å². The van der Waals surface area contributed by atoms with Crippen molar-refractivity contribution in [3.8, 4) is 11.6 Å². The zero-order valence-electron chi connectivity index (χ0n) is 24.8. The molecule has 2 aliphatic rings. The SMILES string of the molecule is CCOC(=O)N1CCNCC1C(=O)[C@H](CCC(=O)O)NC(=O)c1cc(OC2(C(=O)OCC)CCC2)n(-c2ccc(F)c(F)c2)n1. The second kappa shape index (κ2) is 14.5. The fraction of sp³-hybridized carbons (Fsp3) is 0.517. The molecule has 16 heteroatoms. The topological polar surface area (TPSA) is 178 Å². The van der Waals surface area contributed by atoms with Crippen LogP contribution in [-0.4, -0.2) is 100 Å². The maximum absolute atomic E-state index is 14.2. The number of carboxylic acids is 1. The second-order valence-electron chi connectivity index (χ2n) is 10.5. The molecule has 0 bridgehead atoms. The fourth-order valence-corrected chi connectivity index (χ4v) is 5.06. The van der Waals surface area contributed by atoms with Gasteiger partial charge in [0, 0.05) is 38.2 Å². The van der Waals surface area contributed by atoms with E-state index in [-0.39, 0.29) is 50.0 Å². The number of ether oxygens (including phenoxy) is 3. The summed E-state index contributed by atoms with van der Waals surface area (Å²) in [6.07, 6.45) is -0.248. The number of carbonyl (C=O) groups excluding carboxylic acids is 4. The van der Waals surface area contributed by atoms with Crippen molar-refractivity contribution in [2.24, 2.45) is 0 Å². The largest absolute Gasteiger partial charge is 0.481 e. The Labute approximate surface area is 257 Å². The molecule has 1 unspecified atom stereocenters. The third-order valence-electron chi connectivity index (χ3n) is 7.54. The second-order valence-corrected chi connectivity index (χ2v) is 10.5. The van der Waals surface area contributed by atoms with Crippen LogP contribution in [0.2, 0.25) is 0 Å². The van der Waals surface area contributed by atoms with Gasteiger partial charge >= 0.3 is 18.0 Å². The molecule has 14 nitrogen and oxygen atoms in total. The quantitative estimate of drug-likeness (QED) is 0.274. The summed E-state index contributed by atoms with van der Waals surface area (Å²) >= 11 is 0. The van der Waals surface area contributed by atoms with Gasteiger partial charge in [0.05, 0.1) is 24.9 Å². The lowest BCUT2D eigenvalue weighted by molar-refractivity contribution is -0.170. The lowest BCUT2D eigenvalue weighted by atomic mass is 9.80. The van der Waals surface area contributed by atoms with E-state index in [9.17, 15) is 37.9 Å². The molecule has 1 aliphatic heterocycles. The molecule has 2 heterocycles. The number of amides is 2. The zero-order chi connectivity index (χ0) is 32.7. The number of aliphatic carboxylic acids is 1. The Morgan fingerprint density at radius 3 is 2.47 bits per heavy atom. The number of aromatic nitrogens is 2. The van der Waals surface area contributed by atoms with Crippen molar-refractivity contribution in [1.82, 2.24) is 25.3 Å². The van der Waals surface area contributed by atoms with Gasteiger partial charge < -0.3 is 30.0 Å². The van der Waals surface area contributed by atoms with E-state index in [1.807, 2.05) is 0 Å². The summed E-state index contributed by atoms with van der Waals surface area (Å²) in [6.45, 7) is 4.01. The molecule has 0 radical (unpaired) electrons. The monoisotopic (exact) mass is 635 g/mol. The maximum Gasteiger partial charge on any atom is 0.410 e. The predicted octanol–water partition coefficient (Wildman–Crippen LogP) is 1.98. The number of esters is 1. The van der Waals surface area contributed by atoms with Gasteiger partial charge in [-0.1, -0.05) is 0 Å². The number of halogens is 2. The molecule has 1 aliphatic carbocycles. The summed E-state index contributed by atoms with van der Waals surface area (Å²) in [5, 5.41) is 19.0. The van der Waals surface area contributed by atoms with Crippen molar-refractivity contribution in [2.45, 2.75) is 63.6 Å². The van der Waals surface area contributed by atoms with Crippen LogP contribution in [0.4, 0.5) is 13.6 Å². The first-order chi connectivity index (χ1) is 21.5. The molecule has 2 amide bonds. The number of hydrogen-bond donors (Lipinski definition) is 3. The molecule has 4 rings (SSSR count). The Bertz CT molecular complexity index is 1450. The molecule has 244 valence electrons. The molecular weight excluding hydrogens is 600 g/mol. The molecule has 2 atom stereocenters. The van der Waals surface area contributed by atoms with E-state index in [1.54, 1.807) is 13.8 Å². The van der Waals surface area contributed by atoms with Crippen LogP contribution < -0.4 is 15.4 Å². The maximum atomic E-state index is 14.2. The zero-order valence-corrected chi connectivity index (χ0v) is 24.8. The molecular formula is C29H35F2N5O9. The first kappa shape index (κ1) is 33.3. The van der Waals surface area contributed by atoms with Gasteiger partial charge in [-0.05, 0) is 51.7 Å². The van der Waals surface area contributed by atoms with Crippen LogP contribution in [0.5, 0.6) is 5.88 Å². The van der Waals surface area contributed by atoms with E-state index >= 15 is 0 Å². The van der Waals surface area contributed by atoms with Crippen molar-refractivity contribution in [2.75, 3.05) is 32.8 Å². The number of nitrogens with zero attached hydrogens (tertiary/aromatic N) is 3. The predicted molar refractivity (Wildman–Crippen MR) is 151 cm³/mol. The number of piperazine rings is 1. The van der Waals surface area contributed by atoms with Crippen molar-refractivity contribution in [3.63, 3.8) is 0 Å². The third kappa shape index (κ3) is 7.56. The number of ketones is 1. The highest BCUT2D eigenvalue weighted by atomic mass is 19.2. The number of Topliss-reactive ketones (excluding diaryl/α,β-unsaturated/α-hetero) is 1. The third-order valence-corrected chi connectivity index (χ3v) is 7.54. The smallest absolute Gasteiger partial charge is 0.410 e. The fourth-order valence-electron chi connectivity index (χ4n) is 5.06. The first-order valence-corrected chi connectivity index (χ1v) is 14.6. The van der Waals surface area contributed by atoms with Gasteiger partial charge in [0.25, 0.3) is 5.91 Å². The molecule has 1 saturated carbocycles. The number of rotatable bonds is 13. The Hall–Kier alpha value is -4.60. The van der Waals surface area contributed by atoms with Crippen LogP contribution in [0.3, 0.4) is 0 Å². The summed E-state index contributed by atoms with van der Waals surface area (Å²) < 4.78 is 45.2. The van der Waals surface area contributed by atoms with Crippen molar-refractivity contribution in [3.05, 3.63) is 41.6 Å². The molecule has 2 fully saturated rings. The van der Waals surface area contributed by atoms with Gasteiger partial charge in [-0.3, -0.25) is 19.3 Å². The minimum absolute atomic E-state index is 0.0295. The van der Waals surface area contributed by atoms with Gasteiger partial charge in [0.1, 0.15) is 6.04 Å². The van der Waals surface area contributed by atoms with Gasteiger partial charge in [-0.2, -0.15) is 5.10 Å². The normalized spacial score (nSPS) is 17.9. The lowest BCUT2D eigenvalue weighted by Gasteiger charge is -2.38. The summed E-state index contributed by atoms with van der Waals surface area (Å²) in [4.78, 5) is 65.1. The first-order valence-electron chi connectivity index (χ1n) is 14.6. The van der Waals surface area contributed by atoms with E-state index in [0.29, 0.717) is 25.8 Å². The molecule has 1 saturated heterocycles. The highest BCUT2D eigenvalue weighted by molar-refractivity contribution is 5.99. The Kier molecular flexibility index (Phi) is 10.7. The van der Waals surface area contributed by atoms with E-state index < -0.39 is 65.5 Å². The van der Waals surface area contributed by atoms with Gasteiger partial charge in [0.2, 0.25) is 11.5 Å². The molecule has 0 spiro atoms. The van der Waals surface area contributed by atoms with Crippen molar-refractivity contribution >= 4 is 29.7 Å². The van der Waals surface area contributed by atoms with E-state index in [0.717, 1.165) is 16.8 Å². The summed E-state index contributed by atoms with van der Waals surface area (Å²) in [6, 6.07) is 1.63. The molecule has 3 N–H and O–H groups in total. The molecule has 45 heavy (non-hydrogen) atoms. The van der Waals surface area contributed by atoms with E-state index in [2.05, 4.69) is 15.7 Å². The average Bonchev–Trinajstić information content (AvgIpc) is 3.42. The van der Waals surface area contributed by atoms with Crippen molar-refractivity contribution in [1.29, 1.82) is 0 Å².